The van der Waals surface area contributed by atoms with Crippen LogP contribution in [0.25, 0.3) is 11.8 Å². The van der Waals surface area contributed by atoms with E-state index in [1.165, 1.54) is 16.0 Å². The topological polar surface area (TPSA) is 42.3 Å². The Morgan fingerprint density at radius 3 is 2.28 bits per heavy atom. The molecule has 0 saturated carbocycles. The van der Waals surface area contributed by atoms with Gasteiger partial charge in [0.15, 0.2) is 0 Å². The molecule has 0 aliphatic carbocycles. The molecule has 32 heavy (non-hydrogen) atoms. The largest absolute Gasteiger partial charge is 0.318 e. The minimum absolute atomic E-state index is 0.245. The van der Waals surface area contributed by atoms with Gasteiger partial charge in [0, 0.05) is 26.0 Å². The molecule has 1 fully saturated rings. The van der Waals surface area contributed by atoms with Crippen LogP contribution in [0.1, 0.15) is 33.6 Å². The van der Waals surface area contributed by atoms with Crippen molar-refractivity contribution in [2.45, 2.75) is 34.2 Å². The highest BCUT2D eigenvalue weighted by atomic mass is 79.9. The molecule has 2 aromatic carbocycles. The first kappa shape index (κ1) is 23.1. The molecular weight excluding hydrogens is 552 g/mol. The molecule has 0 unspecified atom stereocenters. The standard InChI is InChI=1S/C25H22Br2N2O2S/c1-14-9-20(10-15(2)23(14)27)29-16(3)11-19(17(29)4)12-22-24(30)28(25(31)32-22)13-18-7-5-6-8-21(18)26/h5-12H,13H2,1-4H3/b22-12-. The summed E-state index contributed by atoms with van der Waals surface area (Å²) in [5.74, 6) is -0.254. The quantitative estimate of drug-likeness (QED) is 0.304. The molecule has 2 heterocycles. The third-order valence-electron chi connectivity index (χ3n) is 5.60. The Hall–Kier alpha value is -2.09. The molecule has 0 N–H and O–H groups in total. The fourth-order valence-electron chi connectivity index (χ4n) is 3.96. The average molecular weight is 574 g/mol. The molecule has 4 rings (SSSR count). The van der Waals surface area contributed by atoms with E-state index in [-0.39, 0.29) is 17.7 Å². The molecule has 0 spiro atoms. The number of thioether (sulfide) groups is 1. The van der Waals surface area contributed by atoms with Gasteiger partial charge in [0.25, 0.3) is 11.1 Å². The Kier molecular flexibility index (Phi) is 6.52. The molecule has 0 radical (unpaired) electrons. The Balaban J connectivity index is 1.66. The van der Waals surface area contributed by atoms with Gasteiger partial charge in [0.1, 0.15) is 0 Å². The number of hydrogen-bond donors (Lipinski definition) is 0. The molecule has 0 atom stereocenters. The van der Waals surface area contributed by atoms with Crippen molar-refractivity contribution in [2.75, 3.05) is 0 Å². The summed E-state index contributed by atoms with van der Waals surface area (Å²) in [4.78, 5) is 27.4. The lowest BCUT2D eigenvalue weighted by Crippen LogP contribution is -2.27. The second-order valence-electron chi connectivity index (χ2n) is 7.91. The molecule has 1 aromatic heterocycles. The normalized spacial score (nSPS) is 15.3. The van der Waals surface area contributed by atoms with Crippen molar-refractivity contribution >= 4 is 60.8 Å². The van der Waals surface area contributed by atoms with E-state index in [0.717, 1.165) is 48.9 Å². The van der Waals surface area contributed by atoms with Gasteiger partial charge in [-0.05, 0) is 92.1 Å². The molecule has 2 amide bonds. The monoisotopic (exact) mass is 572 g/mol. The summed E-state index contributed by atoms with van der Waals surface area (Å²) in [7, 11) is 0. The third-order valence-corrected chi connectivity index (χ3v) is 8.53. The third kappa shape index (κ3) is 4.26. The average Bonchev–Trinajstić information content (AvgIpc) is 3.16. The van der Waals surface area contributed by atoms with Crippen LogP contribution in [-0.4, -0.2) is 20.6 Å². The fraction of sp³-hybridized carbons (Fsp3) is 0.200. The zero-order valence-corrected chi connectivity index (χ0v) is 22.2. The number of nitrogens with zero attached hydrogens (tertiary/aromatic N) is 2. The summed E-state index contributed by atoms with van der Waals surface area (Å²) in [5, 5.41) is -0.245. The maximum Gasteiger partial charge on any atom is 0.293 e. The van der Waals surface area contributed by atoms with E-state index < -0.39 is 0 Å². The highest BCUT2D eigenvalue weighted by molar-refractivity contribution is 9.10. The first-order valence-electron chi connectivity index (χ1n) is 10.1. The molecule has 0 bridgehead atoms. The predicted octanol–water partition coefficient (Wildman–Crippen LogP) is 7.47. The van der Waals surface area contributed by atoms with E-state index in [1.54, 1.807) is 0 Å². The van der Waals surface area contributed by atoms with Crippen molar-refractivity contribution in [2.24, 2.45) is 0 Å². The summed E-state index contributed by atoms with van der Waals surface area (Å²) < 4.78 is 4.18. The lowest BCUT2D eigenvalue weighted by atomic mass is 10.1. The van der Waals surface area contributed by atoms with Gasteiger partial charge in [-0.25, -0.2) is 0 Å². The number of amides is 2. The number of halogens is 2. The van der Waals surface area contributed by atoms with Crippen LogP contribution in [0.5, 0.6) is 0 Å². The molecule has 7 heteroatoms. The molecule has 3 aromatic rings. The highest BCUT2D eigenvalue weighted by Crippen LogP contribution is 2.35. The predicted molar refractivity (Wildman–Crippen MR) is 138 cm³/mol. The number of carbonyl (C=O) groups excluding carboxylic acids is 2. The number of benzene rings is 2. The van der Waals surface area contributed by atoms with Gasteiger partial charge >= 0.3 is 0 Å². The lowest BCUT2D eigenvalue weighted by Gasteiger charge is -2.14. The van der Waals surface area contributed by atoms with Crippen LogP contribution in [0.4, 0.5) is 4.79 Å². The zero-order valence-electron chi connectivity index (χ0n) is 18.2. The fourth-order valence-corrected chi connectivity index (χ4v) is 5.43. The van der Waals surface area contributed by atoms with Gasteiger partial charge in [0.2, 0.25) is 0 Å². The molecule has 164 valence electrons. The smallest absolute Gasteiger partial charge is 0.293 e. The highest BCUT2D eigenvalue weighted by Gasteiger charge is 2.35. The van der Waals surface area contributed by atoms with E-state index in [0.29, 0.717) is 4.91 Å². The Morgan fingerprint density at radius 2 is 1.62 bits per heavy atom. The first-order chi connectivity index (χ1) is 15.2. The van der Waals surface area contributed by atoms with E-state index in [4.69, 9.17) is 0 Å². The maximum absolute atomic E-state index is 13.0. The SMILES string of the molecule is Cc1cc(-n2c(C)cc(/C=C3\SC(=O)N(Cc4ccccc4Br)C3=O)c2C)cc(C)c1Br. The number of aryl methyl sites for hydroxylation is 3. The van der Waals surface area contributed by atoms with Crippen LogP contribution in [0.3, 0.4) is 0 Å². The van der Waals surface area contributed by atoms with E-state index in [9.17, 15) is 9.59 Å². The maximum atomic E-state index is 13.0. The zero-order chi connectivity index (χ0) is 23.2. The molecule has 1 aliphatic rings. The van der Waals surface area contributed by atoms with Gasteiger partial charge < -0.3 is 4.57 Å². The van der Waals surface area contributed by atoms with Crippen molar-refractivity contribution in [3.05, 3.63) is 90.0 Å². The van der Waals surface area contributed by atoms with Gasteiger partial charge in [-0.15, -0.1) is 0 Å². The van der Waals surface area contributed by atoms with Crippen molar-refractivity contribution in [1.82, 2.24) is 9.47 Å². The van der Waals surface area contributed by atoms with Gasteiger partial charge in [-0.3, -0.25) is 14.5 Å². The summed E-state index contributed by atoms with van der Waals surface area (Å²) in [6.45, 7) is 8.50. The number of carbonyl (C=O) groups is 2. The van der Waals surface area contributed by atoms with Crippen molar-refractivity contribution in [1.29, 1.82) is 0 Å². The van der Waals surface area contributed by atoms with Crippen LogP contribution in [0.2, 0.25) is 0 Å². The van der Waals surface area contributed by atoms with Gasteiger partial charge in [-0.2, -0.15) is 0 Å². The molecular formula is C25H22Br2N2O2S. The second kappa shape index (κ2) is 9.04. The number of hydrogen-bond acceptors (Lipinski definition) is 3. The number of rotatable bonds is 4. The molecule has 4 nitrogen and oxygen atoms in total. The Bertz CT molecular complexity index is 1270. The van der Waals surface area contributed by atoms with Crippen LogP contribution in [-0.2, 0) is 11.3 Å². The summed E-state index contributed by atoms with van der Waals surface area (Å²) >= 11 is 8.12. The van der Waals surface area contributed by atoms with Crippen molar-refractivity contribution in [3.8, 4) is 5.69 Å². The first-order valence-corrected chi connectivity index (χ1v) is 12.5. The van der Waals surface area contributed by atoms with Gasteiger partial charge in [-0.1, -0.05) is 50.1 Å². The van der Waals surface area contributed by atoms with Crippen LogP contribution < -0.4 is 0 Å². The number of imide groups is 1. The summed E-state index contributed by atoms with van der Waals surface area (Å²) in [6.07, 6.45) is 1.84. The summed E-state index contributed by atoms with van der Waals surface area (Å²) in [6, 6.07) is 14.0. The Labute approximate surface area is 208 Å². The van der Waals surface area contributed by atoms with Crippen LogP contribution in [0, 0.1) is 27.7 Å². The summed E-state index contributed by atoms with van der Waals surface area (Å²) in [5.41, 5.74) is 7.36. The van der Waals surface area contributed by atoms with E-state index in [2.05, 4.69) is 75.4 Å². The lowest BCUT2D eigenvalue weighted by molar-refractivity contribution is -0.123. The Morgan fingerprint density at radius 1 is 0.969 bits per heavy atom. The molecule has 1 saturated heterocycles. The van der Waals surface area contributed by atoms with Crippen LogP contribution in [0.15, 0.2) is 56.3 Å². The van der Waals surface area contributed by atoms with Gasteiger partial charge in [0.05, 0.1) is 11.4 Å². The number of aromatic nitrogens is 1. The minimum atomic E-state index is -0.254. The van der Waals surface area contributed by atoms with E-state index >= 15 is 0 Å². The van der Waals surface area contributed by atoms with Crippen molar-refractivity contribution < 1.29 is 9.59 Å². The molecule has 1 aliphatic heterocycles. The minimum Gasteiger partial charge on any atom is -0.318 e. The van der Waals surface area contributed by atoms with Crippen LogP contribution >= 0.6 is 43.6 Å². The van der Waals surface area contributed by atoms with E-state index in [1.807, 2.05) is 37.3 Å². The second-order valence-corrected chi connectivity index (χ2v) is 10.6. The van der Waals surface area contributed by atoms with Crippen molar-refractivity contribution in [3.63, 3.8) is 0 Å².